The van der Waals surface area contributed by atoms with E-state index in [0.29, 0.717) is 13.1 Å². The molecule has 1 aliphatic heterocycles. The highest BCUT2D eigenvalue weighted by atomic mass is 32.1. The molecule has 6 heteroatoms. The Hall–Kier alpha value is -2.21. The third-order valence-corrected chi connectivity index (χ3v) is 7.44. The van der Waals surface area contributed by atoms with Crippen molar-refractivity contribution in [2.45, 2.75) is 65.8 Å². The minimum Gasteiger partial charge on any atom is -0.333 e. The summed E-state index contributed by atoms with van der Waals surface area (Å²) in [5.41, 5.74) is 2.02. The molecular weight excluding hydrogens is 435 g/mol. The summed E-state index contributed by atoms with van der Waals surface area (Å²) in [5.74, 6) is 0.0156. The molecule has 33 heavy (non-hydrogen) atoms. The normalized spacial score (nSPS) is 16.5. The Bertz CT molecular complexity index is 924. The van der Waals surface area contributed by atoms with Crippen molar-refractivity contribution in [3.63, 3.8) is 0 Å². The van der Waals surface area contributed by atoms with E-state index in [1.807, 2.05) is 4.90 Å². The van der Waals surface area contributed by atoms with E-state index in [1.54, 1.807) is 28.4 Å². The zero-order chi connectivity index (χ0) is 24.0. The van der Waals surface area contributed by atoms with E-state index in [0.717, 1.165) is 43.2 Å². The molecule has 0 fully saturated rings. The Morgan fingerprint density at radius 1 is 1.18 bits per heavy atom. The lowest BCUT2D eigenvalue weighted by Crippen LogP contribution is -2.48. The van der Waals surface area contributed by atoms with Crippen LogP contribution < -0.4 is 0 Å². The SMILES string of the molecule is CCCCC(CC)C(=O)N(CC(=O)N1CCc2sccc2C1c1ccc(F)cc1)CC(C)C. The lowest BCUT2D eigenvalue weighted by Gasteiger charge is -2.38. The van der Waals surface area contributed by atoms with Crippen molar-refractivity contribution in [1.82, 2.24) is 9.80 Å². The molecule has 1 aromatic carbocycles. The number of amides is 2. The average molecular weight is 473 g/mol. The first kappa shape index (κ1) is 25.4. The molecule has 2 aromatic rings. The van der Waals surface area contributed by atoms with E-state index in [4.69, 9.17) is 0 Å². The van der Waals surface area contributed by atoms with Gasteiger partial charge in [-0.1, -0.05) is 52.7 Å². The first-order valence-corrected chi connectivity index (χ1v) is 13.1. The largest absolute Gasteiger partial charge is 0.333 e. The van der Waals surface area contributed by atoms with Gasteiger partial charge in [-0.15, -0.1) is 11.3 Å². The summed E-state index contributed by atoms with van der Waals surface area (Å²) in [6.45, 7) is 9.63. The van der Waals surface area contributed by atoms with Crippen molar-refractivity contribution in [2.24, 2.45) is 11.8 Å². The Kier molecular flexibility index (Phi) is 9.07. The summed E-state index contributed by atoms with van der Waals surface area (Å²) in [6, 6.07) is 8.26. The summed E-state index contributed by atoms with van der Waals surface area (Å²) >= 11 is 1.71. The van der Waals surface area contributed by atoms with Crippen LogP contribution in [0.4, 0.5) is 4.39 Å². The Morgan fingerprint density at radius 2 is 1.91 bits per heavy atom. The molecule has 4 nitrogen and oxygen atoms in total. The van der Waals surface area contributed by atoms with E-state index < -0.39 is 0 Å². The van der Waals surface area contributed by atoms with Gasteiger partial charge in [0.25, 0.3) is 0 Å². The van der Waals surface area contributed by atoms with Crippen molar-refractivity contribution < 1.29 is 14.0 Å². The molecule has 0 saturated carbocycles. The molecule has 2 unspecified atom stereocenters. The van der Waals surface area contributed by atoms with Gasteiger partial charge in [-0.05, 0) is 59.9 Å². The topological polar surface area (TPSA) is 40.6 Å². The second-order valence-corrected chi connectivity index (χ2v) is 10.5. The molecule has 2 heterocycles. The van der Waals surface area contributed by atoms with Crippen molar-refractivity contribution in [3.05, 3.63) is 57.5 Å². The average Bonchev–Trinajstić information content (AvgIpc) is 3.27. The maximum atomic E-state index is 13.7. The lowest BCUT2D eigenvalue weighted by atomic mass is 9.93. The van der Waals surface area contributed by atoms with Crippen molar-refractivity contribution in [1.29, 1.82) is 0 Å². The number of hydrogen-bond acceptors (Lipinski definition) is 3. The molecule has 2 atom stereocenters. The van der Waals surface area contributed by atoms with E-state index >= 15 is 0 Å². The third kappa shape index (κ3) is 6.23. The molecule has 1 aliphatic rings. The Labute approximate surface area is 201 Å². The molecule has 1 aromatic heterocycles. The zero-order valence-corrected chi connectivity index (χ0v) is 21.2. The van der Waals surface area contributed by atoms with Crippen LogP contribution in [0.3, 0.4) is 0 Å². The number of benzene rings is 1. The predicted molar refractivity (Wildman–Crippen MR) is 133 cm³/mol. The van der Waals surface area contributed by atoms with Crippen LogP contribution >= 0.6 is 11.3 Å². The van der Waals surface area contributed by atoms with Gasteiger partial charge >= 0.3 is 0 Å². The van der Waals surface area contributed by atoms with Gasteiger partial charge in [0.05, 0.1) is 12.6 Å². The number of thiophene rings is 1. The van der Waals surface area contributed by atoms with Crippen LogP contribution in [0.2, 0.25) is 0 Å². The highest BCUT2D eigenvalue weighted by Crippen LogP contribution is 2.38. The summed E-state index contributed by atoms with van der Waals surface area (Å²) in [6.07, 6.45) is 4.55. The van der Waals surface area contributed by atoms with Gasteiger partial charge < -0.3 is 9.80 Å². The van der Waals surface area contributed by atoms with Crippen LogP contribution in [0.1, 0.15) is 75.4 Å². The minimum absolute atomic E-state index is 0.0331. The van der Waals surface area contributed by atoms with Crippen LogP contribution in [0.15, 0.2) is 35.7 Å². The molecule has 0 aliphatic carbocycles. The van der Waals surface area contributed by atoms with Gasteiger partial charge in [0.15, 0.2) is 0 Å². The fourth-order valence-corrected chi connectivity index (χ4v) is 5.63. The van der Waals surface area contributed by atoms with Gasteiger partial charge in [0.2, 0.25) is 11.8 Å². The number of unbranched alkanes of at least 4 members (excludes halogenated alkanes) is 1. The third-order valence-electron chi connectivity index (χ3n) is 6.44. The van der Waals surface area contributed by atoms with Crippen LogP contribution in [-0.4, -0.2) is 41.2 Å². The van der Waals surface area contributed by atoms with Crippen LogP contribution in [-0.2, 0) is 16.0 Å². The van der Waals surface area contributed by atoms with Crippen molar-refractivity contribution in [2.75, 3.05) is 19.6 Å². The molecule has 0 spiro atoms. The van der Waals surface area contributed by atoms with E-state index in [2.05, 4.69) is 39.1 Å². The molecule has 2 amide bonds. The smallest absolute Gasteiger partial charge is 0.242 e. The minimum atomic E-state index is -0.288. The van der Waals surface area contributed by atoms with Gasteiger partial charge in [-0.3, -0.25) is 9.59 Å². The predicted octanol–water partition coefficient (Wildman–Crippen LogP) is 6.06. The van der Waals surface area contributed by atoms with Crippen molar-refractivity contribution >= 4 is 23.2 Å². The maximum absolute atomic E-state index is 13.7. The number of carbonyl (C=O) groups is 2. The molecule has 3 rings (SSSR count). The summed E-state index contributed by atoms with van der Waals surface area (Å²) in [5, 5.41) is 2.06. The number of carbonyl (C=O) groups excluding carboxylic acids is 2. The van der Waals surface area contributed by atoms with Gasteiger partial charge in [0.1, 0.15) is 5.82 Å². The molecule has 0 saturated heterocycles. The van der Waals surface area contributed by atoms with E-state index in [-0.39, 0.29) is 42.1 Å². The number of halogens is 1. The van der Waals surface area contributed by atoms with Crippen LogP contribution in [0.25, 0.3) is 0 Å². The quantitative estimate of drug-likeness (QED) is 0.422. The lowest BCUT2D eigenvalue weighted by molar-refractivity contribution is -0.144. The number of nitrogens with zero attached hydrogens (tertiary/aromatic N) is 2. The second kappa shape index (κ2) is 11.8. The summed E-state index contributed by atoms with van der Waals surface area (Å²) < 4.78 is 13.6. The fraction of sp³-hybridized carbons (Fsp3) is 0.556. The van der Waals surface area contributed by atoms with Crippen LogP contribution in [0.5, 0.6) is 0 Å². The van der Waals surface area contributed by atoms with Gasteiger partial charge in [0, 0.05) is 23.9 Å². The number of rotatable bonds is 10. The Morgan fingerprint density at radius 3 is 2.55 bits per heavy atom. The molecule has 180 valence electrons. The number of fused-ring (bicyclic) bond motifs is 1. The fourth-order valence-electron chi connectivity index (χ4n) is 4.73. The van der Waals surface area contributed by atoms with Crippen molar-refractivity contribution in [3.8, 4) is 0 Å². The Balaban J connectivity index is 1.85. The highest BCUT2D eigenvalue weighted by molar-refractivity contribution is 7.10. The molecular formula is C27H37FN2O2S. The summed E-state index contributed by atoms with van der Waals surface area (Å²) in [7, 11) is 0. The van der Waals surface area contributed by atoms with E-state index in [9.17, 15) is 14.0 Å². The van der Waals surface area contributed by atoms with Crippen LogP contribution in [0, 0.1) is 17.7 Å². The number of hydrogen-bond donors (Lipinski definition) is 0. The zero-order valence-electron chi connectivity index (χ0n) is 20.4. The monoisotopic (exact) mass is 472 g/mol. The standard InChI is InChI=1S/C27H37FN2O2S/c1-5-7-8-20(6-2)27(32)29(17-19(3)4)18-25(31)30-15-13-24-23(14-16-33-24)26(30)21-9-11-22(28)12-10-21/h9-12,14,16,19-20,26H,5-8,13,15,17-18H2,1-4H3. The van der Waals surface area contributed by atoms with E-state index in [1.165, 1.54) is 17.0 Å². The maximum Gasteiger partial charge on any atom is 0.242 e. The molecule has 0 radical (unpaired) electrons. The summed E-state index contributed by atoms with van der Waals surface area (Å²) in [4.78, 5) is 32.0. The van der Waals surface area contributed by atoms with Gasteiger partial charge in [-0.2, -0.15) is 0 Å². The first-order chi connectivity index (χ1) is 15.8. The first-order valence-electron chi connectivity index (χ1n) is 12.3. The molecule has 0 bridgehead atoms. The van der Waals surface area contributed by atoms with Gasteiger partial charge in [-0.25, -0.2) is 4.39 Å². The molecule has 0 N–H and O–H groups in total. The highest BCUT2D eigenvalue weighted by Gasteiger charge is 2.34. The second-order valence-electron chi connectivity index (χ2n) is 9.45.